The number of thiazole rings is 1. The number of hydrogen-bond acceptors (Lipinski definition) is 6. The standard InChI is InChI=1S/C20H30N6OS/c1-6-26(7-2)10-8-9-13(3)23-19(27)20-24-17-16(28-20)11-15(21-4)14-12-22-25(5)18(14)17/h11-13,21H,6-10H2,1-5H3,(H,23,27). The quantitative estimate of drug-likeness (QED) is 0.573. The zero-order chi connectivity index (χ0) is 20.3. The molecular weight excluding hydrogens is 372 g/mol. The van der Waals surface area contributed by atoms with Gasteiger partial charge < -0.3 is 15.5 Å². The summed E-state index contributed by atoms with van der Waals surface area (Å²) in [5.41, 5.74) is 2.78. The summed E-state index contributed by atoms with van der Waals surface area (Å²) >= 11 is 1.43. The van der Waals surface area contributed by atoms with E-state index in [1.54, 1.807) is 0 Å². The van der Waals surface area contributed by atoms with Crippen molar-refractivity contribution in [3.05, 3.63) is 17.3 Å². The summed E-state index contributed by atoms with van der Waals surface area (Å²) in [6.45, 7) is 9.63. The molecule has 1 amide bonds. The zero-order valence-corrected chi connectivity index (χ0v) is 18.2. The molecule has 0 aliphatic heterocycles. The summed E-state index contributed by atoms with van der Waals surface area (Å²) < 4.78 is 2.80. The molecular formula is C20H30N6OS. The second-order valence-electron chi connectivity index (χ2n) is 7.11. The van der Waals surface area contributed by atoms with Crippen LogP contribution in [0.15, 0.2) is 12.3 Å². The third kappa shape index (κ3) is 4.12. The Balaban J connectivity index is 1.74. The van der Waals surface area contributed by atoms with Gasteiger partial charge in [-0.25, -0.2) is 4.98 Å². The average Bonchev–Trinajstić information content (AvgIpc) is 3.28. The van der Waals surface area contributed by atoms with Crippen molar-refractivity contribution in [1.82, 2.24) is 25.0 Å². The van der Waals surface area contributed by atoms with Crippen LogP contribution in [0, 0.1) is 0 Å². The Morgan fingerprint density at radius 2 is 2.11 bits per heavy atom. The van der Waals surface area contributed by atoms with Crippen LogP contribution in [0.25, 0.3) is 21.1 Å². The Hall–Kier alpha value is -2.19. The number of nitrogens with one attached hydrogen (secondary N) is 2. The fourth-order valence-corrected chi connectivity index (χ4v) is 4.46. The number of carbonyl (C=O) groups excluding carboxylic acids is 1. The molecule has 0 bridgehead atoms. The van der Waals surface area contributed by atoms with Crippen LogP contribution in [-0.2, 0) is 7.05 Å². The van der Waals surface area contributed by atoms with E-state index in [1.165, 1.54) is 11.3 Å². The molecule has 0 aliphatic carbocycles. The molecule has 0 saturated heterocycles. The lowest BCUT2D eigenvalue weighted by atomic mass is 10.1. The Labute approximate surface area is 170 Å². The average molecular weight is 403 g/mol. The van der Waals surface area contributed by atoms with Gasteiger partial charge in [-0.15, -0.1) is 11.3 Å². The maximum absolute atomic E-state index is 12.7. The van der Waals surface area contributed by atoms with Crippen molar-refractivity contribution in [1.29, 1.82) is 0 Å². The normalized spacial score (nSPS) is 12.8. The number of amides is 1. The minimum atomic E-state index is -0.0992. The summed E-state index contributed by atoms with van der Waals surface area (Å²) in [5, 5.41) is 12.2. The number of fused-ring (bicyclic) bond motifs is 3. The monoisotopic (exact) mass is 402 g/mol. The summed E-state index contributed by atoms with van der Waals surface area (Å²) in [5.74, 6) is -0.0992. The van der Waals surface area contributed by atoms with Crippen molar-refractivity contribution in [2.75, 3.05) is 32.0 Å². The highest BCUT2D eigenvalue weighted by Gasteiger charge is 2.19. The van der Waals surface area contributed by atoms with Crippen LogP contribution in [0.4, 0.5) is 5.69 Å². The predicted molar refractivity (Wildman–Crippen MR) is 117 cm³/mol. The van der Waals surface area contributed by atoms with Crippen LogP contribution in [-0.4, -0.2) is 58.3 Å². The number of nitrogens with zero attached hydrogens (tertiary/aromatic N) is 4. The third-order valence-corrected chi connectivity index (χ3v) is 6.23. The molecule has 28 heavy (non-hydrogen) atoms. The molecule has 2 N–H and O–H groups in total. The first-order valence-corrected chi connectivity index (χ1v) is 10.8. The molecule has 0 spiro atoms. The molecule has 2 heterocycles. The molecule has 2 aromatic heterocycles. The van der Waals surface area contributed by atoms with E-state index in [9.17, 15) is 4.79 Å². The van der Waals surface area contributed by atoms with Crippen LogP contribution < -0.4 is 10.6 Å². The summed E-state index contributed by atoms with van der Waals surface area (Å²) in [6, 6.07) is 2.17. The highest BCUT2D eigenvalue weighted by molar-refractivity contribution is 7.20. The van der Waals surface area contributed by atoms with Gasteiger partial charge in [0.05, 0.1) is 16.4 Å². The van der Waals surface area contributed by atoms with Gasteiger partial charge >= 0.3 is 0 Å². The predicted octanol–water partition coefficient (Wildman–Crippen LogP) is 3.47. The molecule has 0 radical (unpaired) electrons. The lowest BCUT2D eigenvalue weighted by molar-refractivity contribution is 0.0937. The zero-order valence-electron chi connectivity index (χ0n) is 17.4. The van der Waals surface area contributed by atoms with E-state index < -0.39 is 0 Å². The van der Waals surface area contributed by atoms with Crippen molar-refractivity contribution in [3.8, 4) is 0 Å². The topological polar surface area (TPSA) is 75.1 Å². The number of rotatable bonds is 9. The minimum absolute atomic E-state index is 0.0992. The first kappa shape index (κ1) is 20.5. The second kappa shape index (κ2) is 8.87. The SMILES string of the molecule is CCN(CC)CCCC(C)NC(=O)c1nc2c(cc(NC)c3cnn(C)c32)s1. The molecule has 152 valence electrons. The van der Waals surface area contributed by atoms with Crippen LogP contribution in [0.2, 0.25) is 0 Å². The number of aryl methyl sites for hydroxylation is 1. The summed E-state index contributed by atoms with van der Waals surface area (Å²) in [4.78, 5) is 19.8. The van der Waals surface area contributed by atoms with Crippen molar-refractivity contribution in [3.63, 3.8) is 0 Å². The maximum atomic E-state index is 12.7. The smallest absolute Gasteiger partial charge is 0.280 e. The lowest BCUT2D eigenvalue weighted by Crippen LogP contribution is -2.33. The number of aromatic nitrogens is 3. The first-order valence-electron chi connectivity index (χ1n) is 9.94. The first-order chi connectivity index (χ1) is 13.5. The molecule has 1 atom stereocenters. The van der Waals surface area contributed by atoms with E-state index in [1.807, 2.05) is 31.0 Å². The fourth-order valence-electron chi connectivity index (χ4n) is 3.55. The number of benzene rings is 1. The van der Waals surface area contributed by atoms with E-state index >= 15 is 0 Å². The Morgan fingerprint density at radius 1 is 1.36 bits per heavy atom. The van der Waals surface area contributed by atoms with E-state index in [-0.39, 0.29) is 11.9 Å². The van der Waals surface area contributed by atoms with Crippen LogP contribution in [0.1, 0.15) is 43.4 Å². The van der Waals surface area contributed by atoms with Crippen molar-refractivity contribution in [2.24, 2.45) is 7.05 Å². The molecule has 1 unspecified atom stereocenters. The van der Waals surface area contributed by atoms with Gasteiger partial charge in [-0.3, -0.25) is 9.48 Å². The van der Waals surface area contributed by atoms with Crippen molar-refractivity contribution in [2.45, 2.75) is 39.7 Å². The largest absolute Gasteiger partial charge is 0.387 e. The van der Waals surface area contributed by atoms with E-state index in [4.69, 9.17) is 0 Å². The van der Waals surface area contributed by atoms with Gasteiger partial charge in [-0.2, -0.15) is 5.10 Å². The highest BCUT2D eigenvalue weighted by Crippen LogP contribution is 2.34. The molecule has 7 nitrogen and oxygen atoms in total. The maximum Gasteiger partial charge on any atom is 0.280 e. The molecule has 1 aromatic carbocycles. The summed E-state index contributed by atoms with van der Waals surface area (Å²) in [6.07, 6.45) is 3.87. The molecule has 3 aromatic rings. The van der Waals surface area contributed by atoms with E-state index in [0.717, 1.165) is 59.3 Å². The van der Waals surface area contributed by atoms with Crippen molar-refractivity contribution >= 4 is 44.1 Å². The minimum Gasteiger partial charge on any atom is -0.387 e. The van der Waals surface area contributed by atoms with Gasteiger partial charge in [-0.05, 0) is 45.5 Å². The van der Waals surface area contributed by atoms with Gasteiger partial charge in [0.15, 0.2) is 5.01 Å². The summed E-state index contributed by atoms with van der Waals surface area (Å²) in [7, 11) is 3.79. The molecule has 8 heteroatoms. The van der Waals surface area contributed by atoms with Gasteiger partial charge in [0.25, 0.3) is 5.91 Å². The van der Waals surface area contributed by atoms with Gasteiger partial charge in [0, 0.05) is 31.2 Å². The third-order valence-electron chi connectivity index (χ3n) is 5.23. The molecule has 3 rings (SSSR count). The lowest BCUT2D eigenvalue weighted by Gasteiger charge is -2.19. The molecule has 0 saturated carbocycles. The van der Waals surface area contributed by atoms with Gasteiger partial charge in [0.2, 0.25) is 0 Å². The highest BCUT2D eigenvalue weighted by atomic mass is 32.1. The van der Waals surface area contributed by atoms with Crippen LogP contribution in [0.5, 0.6) is 0 Å². The number of carbonyl (C=O) groups is 1. The Kier molecular flexibility index (Phi) is 6.51. The Bertz CT molecular complexity index is 959. The second-order valence-corrected chi connectivity index (χ2v) is 8.14. The van der Waals surface area contributed by atoms with E-state index in [2.05, 4.69) is 46.4 Å². The fraction of sp³-hybridized carbons (Fsp3) is 0.550. The Morgan fingerprint density at radius 3 is 2.79 bits per heavy atom. The van der Waals surface area contributed by atoms with Crippen LogP contribution in [0.3, 0.4) is 0 Å². The van der Waals surface area contributed by atoms with Gasteiger partial charge in [-0.1, -0.05) is 13.8 Å². The molecule has 0 fully saturated rings. The number of anilines is 1. The van der Waals surface area contributed by atoms with Gasteiger partial charge in [0.1, 0.15) is 5.52 Å². The molecule has 0 aliphatic rings. The van der Waals surface area contributed by atoms with Crippen molar-refractivity contribution < 1.29 is 4.79 Å². The number of hydrogen-bond donors (Lipinski definition) is 2. The van der Waals surface area contributed by atoms with E-state index in [0.29, 0.717) is 5.01 Å². The van der Waals surface area contributed by atoms with Crippen LogP contribution >= 0.6 is 11.3 Å².